The number of anilines is 1. The van der Waals surface area contributed by atoms with Gasteiger partial charge < -0.3 is 20.3 Å². The zero-order valence-corrected chi connectivity index (χ0v) is 18.0. The van der Waals surface area contributed by atoms with Crippen LogP contribution in [0.4, 0.5) is 5.69 Å². The first-order valence-electron chi connectivity index (χ1n) is 11.2. The number of morpholine rings is 1. The summed E-state index contributed by atoms with van der Waals surface area (Å²) in [6.45, 7) is 4.57. The van der Waals surface area contributed by atoms with Crippen molar-refractivity contribution < 1.29 is 14.3 Å². The Labute approximate surface area is 187 Å². The van der Waals surface area contributed by atoms with Gasteiger partial charge in [0.2, 0.25) is 5.91 Å². The first-order valence-corrected chi connectivity index (χ1v) is 11.2. The third-order valence-corrected chi connectivity index (χ3v) is 6.29. The van der Waals surface area contributed by atoms with E-state index in [1.54, 1.807) is 0 Å². The summed E-state index contributed by atoms with van der Waals surface area (Å²) >= 11 is 0. The van der Waals surface area contributed by atoms with Gasteiger partial charge in [0.1, 0.15) is 0 Å². The lowest BCUT2D eigenvalue weighted by Gasteiger charge is -2.28. The van der Waals surface area contributed by atoms with Crippen LogP contribution in [0.1, 0.15) is 16.8 Å². The first-order chi connectivity index (χ1) is 15.7. The van der Waals surface area contributed by atoms with Crippen LogP contribution in [0, 0.1) is 5.92 Å². The second-order valence-electron chi connectivity index (χ2n) is 8.51. The topological polar surface area (TPSA) is 70.7 Å². The van der Waals surface area contributed by atoms with Gasteiger partial charge in [0, 0.05) is 49.8 Å². The van der Waals surface area contributed by atoms with Gasteiger partial charge >= 0.3 is 0 Å². The summed E-state index contributed by atoms with van der Waals surface area (Å²) in [6.07, 6.45) is 0.480. The van der Waals surface area contributed by atoms with Crippen molar-refractivity contribution in [3.05, 3.63) is 66.2 Å². The lowest BCUT2D eigenvalue weighted by Crippen LogP contribution is -2.36. The highest BCUT2D eigenvalue weighted by Gasteiger charge is 2.22. The second-order valence-corrected chi connectivity index (χ2v) is 8.51. The van der Waals surface area contributed by atoms with Crippen LogP contribution in [0.3, 0.4) is 0 Å². The molecule has 3 aromatic rings. The average Bonchev–Trinajstić information content (AvgIpc) is 3.27. The molecule has 2 amide bonds. The van der Waals surface area contributed by atoms with Crippen LogP contribution in [0.2, 0.25) is 0 Å². The monoisotopic (exact) mass is 429 g/mol. The number of amides is 2. The third-order valence-electron chi connectivity index (χ3n) is 6.29. The van der Waals surface area contributed by atoms with Crippen molar-refractivity contribution in [3.8, 4) is 11.1 Å². The molecule has 6 heteroatoms. The van der Waals surface area contributed by atoms with Crippen LogP contribution in [-0.4, -0.2) is 51.2 Å². The number of hydrogen-bond donors (Lipinski definition) is 2. The summed E-state index contributed by atoms with van der Waals surface area (Å²) in [5.74, 6) is 0.125. The molecule has 1 atom stereocenters. The maximum atomic E-state index is 12.5. The number of carbonyl (C=O) groups excluding carboxylic acids is 2. The fourth-order valence-corrected chi connectivity index (χ4v) is 4.40. The first kappa shape index (κ1) is 20.5. The molecule has 2 fully saturated rings. The van der Waals surface area contributed by atoms with E-state index >= 15 is 0 Å². The van der Waals surface area contributed by atoms with Crippen molar-refractivity contribution in [2.45, 2.75) is 6.42 Å². The van der Waals surface area contributed by atoms with Crippen molar-refractivity contribution in [1.82, 2.24) is 10.6 Å². The smallest absolute Gasteiger partial charge is 0.251 e. The van der Waals surface area contributed by atoms with Gasteiger partial charge in [-0.25, -0.2) is 0 Å². The molecule has 5 rings (SSSR count). The van der Waals surface area contributed by atoms with Gasteiger partial charge in [0.25, 0.3) is 5.91 Å². The van der Waals surface area contributed by atoms with Crippen LogP contribution in [0.25, 0.3) is 21.9 Å². The number of hydrogen-bond acceptors (Lipinski definition) is 4. The standard InChI is InChI=1S/C26H27N3O3/c30-25-13-18(16-27-25)17-28-26(31)23-4-3-21-14-20(1-2-22(21)15-23)19-5-7-24(8-6-19)29-9-11-32-12-10-29/h1-8,14-15,18H,9-13,16-17H2,(H,27,30)(H,28,31). The molecular formula is C26H27N3O3. The quantitative estimate of drug-likeness (QED) is 0.654. The van der Waals surface area contributed by atoms with Gasteiger partial charge in [-0.2, -0.15) is 0 Å². The Morgan fingerprint density at radius 2 is 1.69 bits per heavy atom. The molecular weight excluding hydrogens is 402 g/mol. The summed E-state index contributed by atoms with van der Waals surface area (Å²) in [5, 5.41) is 7.88. The predicted molar refractivity (Wildman–Crippen MR) is 126 cm³/mol. The molecule has 2 saturated heterocycles. The Balaban J connectivity index is 1.28. The minimum Gasteiger partial charge on any atom is -0.378 e. The lowest BCUT2D eigenvalue weighted by molar-refractivity contribution is -0.119. The van der Waals surface area contributed by atoms with Crippen molar-refractivity contribution in [1.29, 1.82) is 0 Å². The minimum atomic E-state index is -0.103. The van der Waals surface area contributed by atoms with Gasteiger partial charge in [-0.3, -0.25) is 9.59 Å². The van der Waals surface area contributed by atoms with E-state index in [4.69, 9.17) is 4.74 Å². The molecule has 0 radical (unpaired) electrons. The van der Waals surface area contributed by atoms with Gasteiger partial charge in [-0.15, -0.1) is 0 Å². The van der Waals surface area contributed by atoms with Crippen molar-refractivity contribution in [2.24, 2.45) is 5.92 Å². The molecule has 3 aromatic carbocycles. The summed E-state index contributed by atoms with van der Waals surface area (Å²) in [6, 6.07) is 20.8. The largest absolute Gasteiger partial charge is 0.378 e. The number of ether oxygens (including phenoxy) is 1. The summed E-state index contributed by atoms with van der Waals surface area (Å²) in [4.78, 5) is 26.2. The predicted octanol–water partition coefficient (Wildman–Crippen LogP) is 3.21. The van der Waals surface area contributed by atoms with Crippen LogP contribution in [0.15, 0.2) is 60.7 Å². The Morgan fingerprint density at radius 1 is 0.969 bits per heavy atom. The molecule has 32 heavy (non-hydrogen) atoms. The van der Waals surface area contributed by atoms with E-state index in [1.807, 2.05) is 18.2 Å². The van der Waals surface area contributed by atoms with E-state index in [9.17, 15) is 9.59 Å². The highest BCUT2D eigenvalue weighted by Crippen LogP contribution is 2.27. The number of nitrogens with zero attached hydrogens (tertiary/aromatic N) is 1. The number of rotatable bonds is 5. The van der Waals surface area contributed by atoms with E-state index in [-0.39, 0.29) is 17.7 Å². The van der Waals surface area contributed by atoms with Crippen molar-refractivity contribution in [2.75, 3.05) is 44.3 Å². The molecule has 6 nitrogen and oxygen atoms in total. The zero-order valence-electron chi connectivity index (χ0n) is 18.0. The molecule has 0 saturated carbocycles. The van der Waals surface area contributed by atoms with E-state index in [0.717, 1.165) is 42.6 Å². The Hall–Kier alpha value is -3.38. The molecule has 2 aliphatic rings. The van der Waals surface area contributed by atoms with E-state index in [2.05, 4.69) is 58.0 Å². The fourth-order valence-electron chi connectivity index (χ4n) is 4.40. The zero-order chi connectivity index (χ0) is 21.9. The molecule has 0 aliphatic carbocycles. The SMILES string of the molecule is O=C1CC(CNC(=O)c2ccc3cc(-c4ccc(N5CCOCC5)cc4)ccc3c2)CN1. The van der Waals surface area contributed by atoms with E-state index in [1.165, 1.54) is 11.3 Å². The van der Waals surface area contributed by atoms with Crippen molar-refractivity contribution in [3.63, 3.8) is 0 Å². The highest BCUT2D eigenvalue weighted by molar-refractivity contribution is 5.99. The van der Waals surface area contributed by atoms with Crippen LogP contribution in [0.5, 0.6) is 0 Å². The fraction of sp³-hybridized carbons (Fsp3) is 0.308. The molecule has 0 spiro atoms. The van der Waals surface area contributed by atoms with E-state index in [0.29, 0.717) is 25.1 Å². The van der Waals surface area contributed by atoms with Gasteiger partial charge in [-0.05, 0) is 52.2 Å². The van der Waals surface area contributed by atoms with Gasteiger partial charge in [0.15, 0.2) is 0 Å². The normalized spacial score (nSPS) is 18.6. The Morgan fingerprint density at radius 3 is 2.44 bits per heavy atom. The Bertz CT molecular complexity index is 1140. The van der Waals surface area contributed by atoms with Gasteiger partial charge in [-0.1, -0.05) is 30.3 Å². The maximum Gasteiger partial charge on any atom is 0.251 e. The molecule has 0 bridgehead atoms. The average molecular weight is 430 g/mol. The van der Waals surface area contributed by atoms with E-state index < -0.39 is 0 Å². The molecule has 2 N–H and O–H groups in total. The van der Waals surface area contributed by atoms with Crippen LogP contribution in [-0.2, 0) is 9.53 Å². The highest BCUT2D eigenvalue weighted by atomic mass is 16.5. The molecule has 1 unspecified atom stereocenters. The number of carbonyl (C=O) groups is 2. The van der Waals surface area contributed by atoms with Crippen molar-refractivity contribution >= 4 is 28.3 Å². The van der Waals surface area contributed by atoms with Gasteiger partial charge in [0.05, 0.1) is 13.2 Å². The summed E-state index contributed by atoms with van der Waals surface area (Å²) in [5.41, 5.74) is 4.19. The van der Waals surface area contributed by atoms with Crippen LogP contribution >= 0.6 is 0 Å². The molecule has 2 heterocycles. The third kappa shape index (κ3) is 4.46. The number of fused-ring (bicyclic) bond motifs is 1. The molecule has 164 valence electrons. The van der Waals surface area contributed by atoms with Crippen LogP contribution < -0.4 is 15.5 Å². The second kappa shape index (κ2) is 9.01. The maximum absolute atomic E-state index is 12.5. The lowest BCUT2D eigenvalue weighted by atomic mass is 9.99. The summed E-state index contributed by atoms with van der Waals surface area (Å²) in [7, 11) is 0. The molecule has 0 aromatic heterocycles. The number of nitrogens with one attached hydrogen (secondary N) is 2. The molecule has 2 aliphatic heterocycles. The summed E-state index contributed by atoms with van der Waals surface area (Å²) < 4.78 is 5.44. The Kier molecular flexibility index (Phi) is 5.77. The minimum absolute atomic E-state index is 0.0569. The number of benzene rings is 3.